The molecule has 208 valence electrons. The number of terminal acetylenes is 1. The highest BCUT2D eigenvalue weighted by molar-refractivity contribution is 5.93. The van der Waals surface area contributed by atoms with Gasteiger partial charge in [0.15, 0.2) is 0 Å². The summed E-state index contributed by atoms with van der Waals surface area (Å²) in [7, 11) is 1.19. The lowest BCUT2D eigenvalue weighted by molar-refractivity contribution is -0.144. The van der Waals surface area contributed by atoms with Crippen LogP contribution in [0.3, 0.4) is 0 Å². The maximum absolute atomic E-state index is 14.0. The predicted molar refractivity (Wildman–Crippen MR) is 144 cm³/mol. The molecule has 0 bridgehead atoms. The van der Waals surface area contributed by atoms with Gasteiger partial charge in [0, 0.05) is 18.5 Å². The molecule has 3 N–H and O–H groups in total. The fraction of sp³-hybridized carbons (Fsp3) is 0.379. The average molecular weight is 538 g/mol. The van der Waals surface area contributed by atoms with E-state index in [2.05, 4.69) is 21.3 Å². The molecule has 0 saturated heterocycles. The van der Waals surface area contributed by atoms with E-state index in [0.717, 1.165) is 0 Å². The van der Waals surface area contributed by atoms with E-state index in [4.69, 9.17) is 11.2 Å². The molecule has 0 aliphatic rings. The van der Waals surface area contributed by atoms with E-state index in [0.29, 0.717) is 16.7 Å². The second kappa shape index (κ2) is 13.9. The van der Waals surface area contributed by atoms with Gasteiger partial charge in [-0.25, -0.2) is 4.79 Å². The number of esters is 1. The van der Waals surface area contributed by atoms with Crippen molar-refractivity contribution < 1.29 is 33.8 Å². The van der Waals surface area contributed by atoms with Gasteiger partial charge in [0.2, 0.25) is 11.8 Å². The number of carbonyl (C=O) groups excluding carboxylic acids is 4. The summed E-state index contributed by atoms with van der Waals surface area (Å²) in [4.78, 5) is 53.2. The SMILES string of the molecule is C#Cc1ccccc1C(C(=O)NCC(=O)OC)N(CC)C(=O)C(Cc1ccc(O)cc1)NC(=O)OC(C)(C)C. The molecule has 0 saturated carbocycles. The predicted octanol–water partition coefficient (Wildman–Crippen LogP) is 2.69. The van der Waals surface area contributed by atoms with Crippen LogP contribution in [0.15, 0.2) is 48.5 Å². The first-order valence-electron chi connectivity index (χ1n) is 12.4. The molecule has 0 aliphatic heterocycles. The van der Waals surface area contributed by atoms with Crippen molar-refractivity contribution in [3.8, 4) is 18.1 Å². The monoisotopic (exact) mass is 537 g/mol. The molecule has 0 radical (unpaired) electrons. The van der Waals surface area contributed by atoms with Crippen LogP contribution in [-0.4, -0.2) is 65.7 Å². The van der Waals surface area contributed by atoms with Crippen LogP contribution < -0.4 is 10.6 Å². The molecule has 2 aromatic carbocycles. The minimum absolute atomic E-state index is 0.0438. The molecule has 10 heteroatoms. The summed E-state index contributed by atoms with van der Waals surface area (Å²) in [6, 6.07) is 10.5. The Hall–Kier alpha value is -4.52. The van der Waals surface area contributed by atoms with Crippen molar-refractivity contribution in [2.45, 2.75) is 51.8 Å². The molecular formula is C29H35N3O7. The van der Waals surface area contributed by atoms with Crippen molar-refractivity contribution in [2.24, 2.45) is 0 Å². The molecule has 2 atom stereocenters. The summed E-state index contributed by atoms with van der Waals surface area (Å²) in [5.74, 6) is 0.677. The normalized spacial score (nSPS) is 12.3. The van der Waals surface area contributed by atoms with Crippen molar-refractivity contribution in [1.29, 1.82) is 0 Å². The van der Waals surface area contributed by atoms with Gasteiger partial charge in [-0.3, -0.25) is 14.4 Å². The summed E-state index contributed by atoms with van der Waals surface area (Å²) in [6.07, 6.45) is 4.93. The maximum atomic E-state index is 14.0. The van der Waals surface area contributed by atoms with Crippen LogP contribution in [0.1, 0.15) is 50.4 Å². The highest BCUT2D eigenvalue weighted by atomic mass is 16.6. The maximum Gasteiger partial charge on any atom is 0.408 e. The fourth-order valence-electron chi connectivity index (χ4n) is 3.83. The number of phenolic OH excluding ortho intramolecular Hbond substituents is 1. The second-order valence-electron chi connectivity index (χ2n) is 9.62. The largest absolute Gasteiger partial charge is 0.508 e. The highest BCUT2D eigenvalue weighted by Crippen LogP contribution is 2.26. The minimum atomic E-state index is -1.22. The zero-order valence-corrected chi connectivity index (χ0v) is 22.8. The number of carbonyl (C=O) groups is 4. The fourth-order valence-corrected chi connectivity index (χ4v) is 3.83. The number of alkyl carbamates (subject to hydrolysis) is 1. The number of nitrogens with zero attached hydrogens (tertiary/aromatic N) is 1. The third-order valence-electron chi connectivity index (χ3n) is 5.59. The van der Waals surface area contributed by atoms with Gasteiger partial charge in [0.25, 0.3) is 0 Å². The first kappa shape index (κ1) is 30.7. The Bertz CT molecular complexity index is 1210. The van der Waals surface area contributed by atoms with E-state index in [1.165, 1.54) is 24.1 Å². The molecule has 0 fully saturated rings. The topological polar surface area (TPSA) is 134 Å². The van der Waals surface area contributed by atoms with Crippen LogP contribution in [0.5, 0.6) is 5.75 Å². The molecule has 0 aliphatic carbocycles. The van der Waals surface area contributed by atoms with Gasteiger partial charge in [0.05, 0.1) is 7.11 Å². The quantitative estimate of drug-likeness (QED) is 0.313. The van der Waals surface area contributed by atoms with Gasteiger partial charge in [-0.1, -0.05) is 36.3 Å². The van der Waals surface area contributed by atoms with Crippen molar-refractivity contribution in [3.05, 3.63) is 65.2 Å². The van der Waals surface area contributed by atoms with E-state index in [9.17, 15) is 24.3 Å². The van der Waals surface area contributed by atoms with E-state index < -0.39 is 48.1 Å². The van der Waals surface area contributed by atoms with Gasteiger partial charge in [-0.15, -0.1) is 6.42 Å². The van der Waals surface area contributed by atoms with Crippen molar-refractivity contribution >= 4 is 23.9 Å². The summed E-state index contributed by atoms with van der Waals surface area (Å²) in [5.41, 5.74) is 0.590. The van der Waals surface area contributed by atoms with Gasteiger partial charge in [-0.2, -0.15) is 0 Å². The van der Waals surface area contributed by atoms with Crippen LogP contribution in [0.25, 0.3) is 0 Å². The number of ether oxygens (including phenoxy) is 2. The Morgan fingerprint density at radius 1 is 1.08 bits per heavy atom. The Kier molecular flexibility index (Phi) is 10.9. The lowest BCUT2D eigenvalue weighted by atomic mass is 9.96. The van der Waals surface area contributed by atoms with Crippen molar-refractivity contribution in [3.63, 3.8) is 0 Å². The lowest BCUT2D eigenvalue weighted by Gasteiger charge is -2.34. The summed E-state index contributed by atoms with van der Waals surface area (Å²) in [6.45, 7) is 6.42. The second-order valence-corrected chi connectivity index (χ2v) is 9.62. The Morgan fingerprint density at radius 3 is 2.28 bits per heavy atom. The van der Waals surface area contributed by atoms with E-state index in [1.54, 1.807) is 64.1 Å². The molecule has 2 rings (SSSR count). The van der Waals surface area contributed by atoms with Crippen LogP contribution in [-0.2, 0) is 30.3 Å². The first-order chi connectivity index (χ1) is 18.4. The summed E-state index contributed by atoms with van der Waals surface area (Å²) >= 11 is 0. The van der Waals surface area contributed by atoms with Crippen LogP contribution in [0, 0.1) is 12.3 Å². The Balaban J connectivity index is 2.52. The molecular weight excluding hydrogens is 502 g/mol. The number of amides is 3. The van der Waals surface area contributed by atoms with Crippen molar-refractivity contribution in [1.82, 2.24) is 15.5 Å². The number of methoxy groups -OCH3 is 1. The van der Waals surface area contributed by atoms with Gasteiger partial charge >= 0.3 is 12.1 Å². The number of aromatic hydroxyl groups is 1. The number of hydrogen-bond donors (Lipinski definition) is 3. The third kappa shape index (κ3) is 9.07. The molecule has 0 aromatic heterocycles. The van der Waals surface area contributed by atoms with Crippen LogP contribution in [0.2, 0.25) is 0 Å². The Morgan fingerprint density at radius 2 is 1.72 bits per heavy atom. The molecule has 3 amide bonds. The minimum Gasteiger partial charge on any atom is -0.508 e. The highest BCUT2D eigenvalue weighted by Gasteiger charge is 2.36. The van der Waals surface area contributed by atoms with Gasteiger partial charge in [0.1, 0.15) is 30.0 Å². The van der Waals surface area contributed by atoms with Crippen LogP contribution in [0.4, 0.5) is 4.79 Å². The summed E-state index contributed by atoms with van der Waals surface area (Å²) in [5, 5.41) is 14.8. The molecule has 0 spiro atoms. The Labute approximate surface area is 228 Å². The number of likely N-dealkylation sites (N-methyl/N-ethyl adjacent to an activating group) is 1. The third-order valence-corrected chi connectivity index (χ3v) is 5.59. The molecule has 0 heterocycles. The van der Waals surface area contributed by atoms with E-state index in [1.807, 2.05) is 0 Å². The first-order valence-corrected chi connectivity index (χ1v) is 12.4. The smallest absolute Gasteiger partial charge is 0.408 e. The number of benzene rings is 2. The summed E-state index contributed by atoms with van der Waals surface area (Å²) < 4.78 is 9.99. The number of rotatable bonds is 10. The molecule has 10 nitrogen and oxygen atoms in total. The lowest BCUT2D eigenvalue weighted by Crippen LogP contribution is -2.54. The molecule has 2 aromatic rings. The molecule has 39 heavy (non-hydrogen) atoms. The zero-order valence-electron chi connectivity index (χ0n) is 22.8. The van der Waals surface area contributed by atoms with E-state index in [-0.39, 0.29) is 18.7 Å². The van der Waals surface area contributed by atoms with Gasteiger partial charge in [-0.05, 0) is 57.0 Å². The van der Waals surface area contributed by atoms with E-state index >= 15 is 0 Å². The number of phenols is 1. The standard InChI is InChI=1S/C29H35N3O7/c1-7-20-11-9-10-12-22(20)25(26(35)30-18-24(34)38-6)32(8-2)27(36)23(31-28(37)39-29(3,4)5)17-19-13-15-21(33)16-14-19/h1,9-16,23,25,33H,8,17-18H2,2-6H3,(H,30,35)(H,31,37). The zero-order chi connectivity index (χ0) is 29.2. The number of hydrogen-bond acceptors (Lipinski definition) is 7. The number of nitrogens with one attached hydrogen (secondary N) is 2. The van der Waals surface area contributed by atoms with Crippen LogP contribution >= 0.6 is 0 Å². The molecule has 2 unspecified atom stereocenters. The average Bonchev–Trinajstić information content (AvgIpc) is 2.89. The van der Waals surface area contributed by atoms with Crippen molar-refractivity contribution in [2.75, 3.05) is 20.2 Å². The van der Waals surface area contributed by atoms with Gasteiger partial charge < -0.3 is 30.1 Å².